The zero-order chi connectivity index (χ0) is 23.9. The standard InChI is InChI=1S/C24H35N3O7/c1-14-4-5-18-15(2)21(31-22-24(18)17(14)8-10-23(3,32-22)33-34-24)30-20(29)7-6-19(28)26-11-9-16-12-25-13-27-16/h12-15,17-18,21-22H,4-11H2,1-3H3,(H,25,27)(H,26,28)/t14-,15-,17+,18+,21-,22-,23+,24?/m1/s1. The summed E-state index contributed by atoms with van der Waals surface area (Å²) >= 11 is 0. The maximum Gasteiger partial charge on any atom is 0.308 e. The molecule has 1 spiro atoms. The predicted octanol–water partition coefficient (Wildman–Crippen LogP) is 2.60. The Morgan fingerprint density at radius 3 is 2.85 bits per heavy atom. The number of fused-ring (bicyclic) bond motifs is 2. The average Bonchev–Trinajstić information content (AvgIpc) is 3.22. The maximum absolute atomic E-state index is 12.6. The highest BCUT2D eigenvalue weighted by Gasteiger charge is 2.69. The molecule has 1 aromatic heterocycles. The Morgan fingerprint density at radius 2 is 2.06 bits per heavy atom. The summed E-state index contributed by atoms with van der Waals surface area (Å²) in [6, 6.07) is 0. The zero-order valence-corrected chi connectivity index (χ0v) is 20.1. The third kappa shape index (κ3) is 4.25. The van der Waals surface area contributed by atoms with Crippen molar-refractivity contribution in [1.29, 1.82) is 0 Å². The summed E-state index contributed by atoms with van der Waals surface area (Å²) in [7, 11) is 0. The van der Waals surface area contributed by atoms with E-state index in [2.05, 4.69) is 22.2 Å². The van der Waals surface area contributed by atoms with E-state index < -0.39 is 29.9 Å². The average molecular weight is 478 g/mol. The van der Waals surface area contributed by atoms with Crippen LogP contribution in [0.3, 0.4) is 0 Å². The van der Waals surface area contributed by atoms with Crippen LogP contribution in [0.1, 0.15) is 65.0 Å². The van der Waals surface area contributed by atoms with Crippen LogP contribution < -0.4 is 5.32 Å². The molecule has 34 heavy (non-hydrogen) atoms. The van der Waals surface area contributed by atoms with Gasteiger partial charge in [-0.3, -0.25) is 9.59 Å². The van der Waals surface area contributed by atoms with Gasteiger partial charge in [-0.15, -0.1) is 0 Å². The Balaban J connectivity index is 1.18. The van der Waals surface area contributed by atoms with Crippen LogP contribution in [0.5, 0.6) is 0 Å². The van der Waals surface area contributed by atoms with Crippen LogP contribution in [0.2, 0.25) is 0 Å². The minimum absolute atomic E-state index is 0.0131. The summed E-state index contributed by atoms with van der Waals surface area (Å²) in [5.74, 6) is -0.814. The highest BCUT2D eigenvalue weighted by molar-refractivity contribution is 5.81. The van der Waals surface area contributed by atoms with E-state index >= 15 is 0 Å². The van der Waals surface area contributed by atoms with E-state index in [0.29, 0.717) is 18.9 Å². The number of amides is 1. The van der Waals surface area contributed by atoms with Crippen molar-refractivity contribution in [2.75, 3.05) is 6.54 Å². The fraction of sp³-hybridized carbons (Fsp3) is 0.792. The number of aromatic amines is 1. The van der Waals surface area contributed by atoms with Crippen molar-refractivity contribution in [3.05, 3.63) is 18.2 Å². The maximum atomic E-state index is 12.6. The second-order valence-corrected chi connectivity index (χ2v) is 10.4. The molecule has 1 saturated carbocycles. The monoisotopic (exact) mass is 477 g/mol. The number of imidazole rings is 1. The van der Waals surface area contributed by atoms with Gasteiger partial charge in [-0.2, -0.15) is 0 Å². The van der Waals surface area contributed by atoms with E-state index in [4.69, 9.17) is 24.0 Å². The molecule has 10 nitrogen and oxygen atoms in total. The topological polar surface area (TPSA) is 121 Å². The predicted molar refractivity (Wildman–Crippen MR) is 117 cm³/mol. The first-order chi connectivity index (χ1) is 16.3. The van der Waals surface area contributed by atoms with Crippen molar-refractivity contribution in [1.82, 2.24) is 15.3 Å². The quantitative estimate of drug-likeness (QED) is 0.454. The molecule has 2 N–H and O–H groups in total. The van der Waals surface area contributed by atoms with Gasteiger partial charge in [0, 0.05) is 49.5 Å². The summed E-state index contributed by atoms with van der Waals surface area (Å²) in [6.45, 7) is 6.63. The Labute approximate surface area is 199 Å². The van der Waals surface area contributed by atoms with Crippen molar-refractivity contribution >= 4 is 11.9 Å². The van der Waals surface area contributed by atoms with Crippen molar-refractivity contribution in [2.45, 2.75) is 89.7 Å². The lowest BCUT2D eigenvalue weighted by Gasteiger charge is -2.59. The molecule has 0 radical (unpaired) electrons. The molecule has 1 aromatic rings. The molecule has 5 aliphatic rings. The molecule has 10 heteroatoms. The van der Waals surface area contributed by atoms with Gasteiger partial charge >= 0.3 is 5.97 Å². The molecular formula is C24H35N3O7. The molecule has 1 unspecified atom stereocenters. The van der Waals surface area contributed by atoms with E-state index in [1.165, 1.54) is 0 Å². The molecular weight excluding hydrogens is 442 g/mol. The molecule has 4 saturated heterocycles. The highest BCUT2D eigenvalue weighted by Crippen LogP contribution is 2.60. The number of rotatable bonds is 7. The van der Waals surface area contributed by atoms with Crippen LogP contribution in [0.25, 0.3) is 0 Å². The molecule has 5 heterocycles. The second kappa shape index (κ2) is 9.22. The van der Waals surface area contributed by atoms with Gasteiger partial charge in [0.2, 0.25) is 18.0 Å². The Bertz CT molecular complexity index is 895. The van der Waals surface area contributed by atoms with Crippen LogP contribution in [0.15, 0.2) is 12.5 Å². The van der Waals surface area contributed by atoms with Crippen molar-refractivity contribution in [3.63, 3.8) is 0 Å². The molecule has 8 atom stereocenters. The lowest BCUT2D eigenvalue weighted by atomic mass is 9.58. The molecule has 4 aliphatic heterocycles. The number of carbonyl (C=O) groups excluding carboxylic acids is 2. The lowest BCUT2D eigenvalue weighted by Crippen LogP contribution is -2.70. The number of carbonyl (C=O) groups is 2. The summed E-state index contributed by atoms with van der Waals surface area (Å²) in [4.78, 5) is 43.6. The Morgan fingerprint density at radius 1 is 1.21 bits per heavy atom. The van der Waals surface area contributed by atoms with Gasteiger partial charge in [-0.1, -0.05) is 13.8 Å². The van der Waals surface area contributed by atoms with E-state index in [9.17, 15) is 9.59 Å². The number of H-pyrrole nitrogens is 1. The van der Waals surface area contributed by atoms with E-state index in [1.54, 1.807) is 12.5 Å². The summed E-state index contributed by atoms with van der Waals surface area (Å²) < 4.78 is 18.3. The molecule has 1 amide bonds. The third-order valence-corrected chi connectivity index (χ3v) is 8.17. The van der Waals surface area contributed by atoms with Crippen LogP contribution >= 0.6 is 0 Å². The molecule has 2 bridgehead atoms. The van der Waals surface area contributed by atoms with Gasteiger partial charge < -0.3 is 24.5 Å². The Kier molecular flexibility index (Phi) is 6.43. The second-order valence-electron chi connectivity index (χ2n) is 10.4. The number of esters is 1. The van der Waals surface area contributed by atoms with Crippen LogP contribution in [-0.2, 0) is 40.0 Å². The Hall–Kier alpha value is -2.01. The fourth-order valence-electron chi connectivity index (χ4n) is 6.26. The highest BCUT2D eigenvalue weighted by atomic mass is 17.3. The minimum Gasteiger partial charge on any atom is -0.435 e. The normalized spacial score (nSPS) is 40.8. The summed E-state index contributed by atoms with van der Waals surface area (Å²) in [5.41, 5.74) is 0.253. The first-order valence-electron chi connectivity index (χ1n) is 12.4. The van der Waals surface area contributed by atoms with Gasteiger partial charge in [-0.05, 0) is 38.0 Å². The summed E-state index contributed by atoms with van der Waals surface area (Å²) in [6.07, 6.45) is 6.28. The van der Waals surface area contributed by atoms with Crippen LogP contribution in [-0.4, -0.2) is 52.4 Å². The van der Waals surface area contributed by atoms with Crippen molar-refractivity contribution in [3.8, 4) is 0 Å². The van der Waals surface area contributed by atoms with Crippen LogP contribution in [0, 0.1) is 23.7 Å². The van der Waals surface area contributed by atoms with Crippen molar-refractivity contribution in [2.24, 2.45) is 23.7 Å². The smallest absolute Gasteiger partial charge is 0.308 e. The number of aromatic nitrogens is 2. The number of hydrogen-bond acceptors (Lipinski definition) is 8. The lowest BCUT2D eigenvalue weighted by molar-refractivity contribution is -0.576. The summed E-state index contributed by atoms with van der Waals surface area (Å²) in [5, 5.41) is 2.81. The number of nitrogens with zero attached hydrogens (tertiary/aromatic N) is 1. The first-order valence-corrected chi connectivity index (χ1v) is 12.4. The molecule has 0 aromatic carbocycles. The molecule has 1 aliphatic carbocycles. The van der Waals surface area contributed by atoms with Crippen molar-refractivity contribution < 1.29 is 33.6 Å². The number of hydrogen-bond donors (Lipinski definition) is 2. The first kappa shape index (κ1) is 23.7. The van der Waals surface area contributed by atoms with Gasteiger partial charge in [0.1, 0.15) is 0 Å². The number of ether oxygens (including phenoxy) is 3. The molecule has 188 valence electrons. The van der Waals surface area contributed by atoms with E-state index in [1.807, 2.05) is 13.8 Å². The number of nitrogens with one attached hydrogen (secondary N) is 2. The fourth-order valence-corrected chi connectivity index (χ4v) is 6.26. The van der Waals surface area contributed by atoms with Gasteiger partial charge in [0.05, 0.1) is 12.7 Å². The molecule has 6 rings (SSSR count). The zero-order valence-electron chi connectivity index (χ0n) is 20.1. The largest absolute Gasteiger partial charge is 0.435 e. The van der Waals surface area contributed by atoms with Gasteiger partial charge in [0.25, 0.3) is 0 Å². The van der Waals surface area contributed by atoms with E-state index in [0.717, 1.165) is 31.4 Å². The van der Waals surface area contributed by atoms with Gasteiger partial charge in [-0.25, -0.2) is 14.8 Å². The molecule has 5 fully saturated rings. The van der Waals surface area contributed by atoms with Gasteiger partial charge in [0.15, 0.2) is 11.9 Å². The minimum atomic E-state index is -0.874. The third-order valence-electron chi connectivity index (χ3n) is 8.17. The van der Waals surface area contributed by atoms with E-state index in [-0.39, 0.29) is 36.5 Å². The SMILES string of the molecule is C[C@H]1[C@H](OC(=O)CCC(=O)NCCc2cnc[nH]2)O[C@@H]2O[C@]3(C)CC[C@H]4[C@H](C)CC[C@@H]1C24OO3. The van der Waals surface area contributed by atoms with Crippen LogP contribution in [0.4, 0.5) is 0 Å².